The van der Waals surface area contributed by atoms with Crippen LogP contribution in [0.5, 0.6) is 0 Å². The summed E-state index contributed by atoms with van der Waals surface area (Å²) < 4.78 is 0. The normalized spacial score (nSPS) is 10.4. The molecule has 0 radical (unpaired) electrons. The van der Waals surface area contributed by atoms with E-state index in [9.17, 15) is 4.79 Å². The molecule has 4 N–H and O–H groups in total. The number of hydrogen-bond acceptors (Lipinski definition) is 3. The Morgan fingerprint density at radius 2 is 1.76 bits per heavy atom. The standard InChI is InChI=1S/C15H23NO.C4H11NO.C2H6/c1-5-13-8-12(4)9-14(10-13)15(17)16-7-6-11(2)3;1-4(2,5)3-6;1-2/h8-11H,5-7H2,1-4H3,(H,16,17);6H,3,5H2,1-2H3;1-2H3. The molecule has 1 amide bonds. The molecule has 0 heterocycles. The number of aliphatic hydroxyl groups is 1. The number of carbonyl (C=O) groups is 1. The average molecular weight is 353 g/mol. The number of benzene rings is 1. The molecule has 0 aliphatic heterocycles. The van der Waals surface area contributed by atoms with Crippen molar-refractivity contribution in [1.29, 1.82) is 0 Å². The molecule has 0 aliphatic carbocycles. The first-order chi connectivity index (χ1) is 11.6. The molecule has 0 bridgehead atoms. The van der Waals surface area contributed by atoms with Crippen molar-refractivity contribution in [2.45, 2.75) is 73.8 Å². The van der Waals surface area contributed by atoms with E-state index in [0.717, 1.165) is 30.5 Å². The molecule has 0 saturated heterocycles. The fourth-order valence-electron chi connectivity index (χ4n) is 1.77. The molecular weight excluding hydrogens is 312 g/mol. The van der Waals surface area contributed by atoms with E-state index < -0.39 is 5.54 Å². The highest BCUT2D eigenvalue weighted by Gasteiger charge is 2.07. The lowest BCUT2D eigenvalue weighted by molar-refractivity contribution is 0.0952. The molecule has 0 unspecified atom stereocenters. The third-order valence-electron chi connectivity index (χ3n) is 3.22. The minimum Gasteiger partial charge on any atom is -0.394 e. The Hall–Kier alpha value is -1.39. The van der Waals surface area contributed by atoms with Gasteiger partial charge in [0.25, 0.3) is 5.91 Å². The first-order valence-electron chi connectivity index (χ1n) is 9.37. The summed E-state index contributed by atoms with van der Waals surface area (Å²) in [7, 11) is 0. The smallest absolute Gasteiger partial charge is 0.251 e. The number of amides is 1. The van der Waals surface area contributed by atoms with E-state index in [1.165, 1.54) is 5.56 Å². The second-order valence-corrected chi connectivity index (χ2v) is 7.15. The van der Waals surface area contributed by atoms with Crippen molar-refractivity contribution in [3.05, 3.63) is 34.9 Å². The fourth-order valence-corrected chi connectivity index (χ4v) is 1.77. The quantitative estimate of drug-likeness (QED) is 0.722. The molecule has 4 nitrogen and oxygen atoms in total. The van der Waals surface area contributed by atoms with Crippen LogP contribution in [0.3, 0.4) is 0 Å². The second kappa shape index (κ2) is 13.9. The highest BCUT2D eigenvalue weighted by Crippen LogP contribution is 2.10. The van der Waals surface area contributed by atoms with Gasteiger partial charge in [-0.3, -0.25) is 4.79 Å². The van der Waals surface area contributed by atoms with Gasteiger partial charge in [-0.25, -0.2) is 0 Å². The van der Waals surface area contributed by atoms with E-state index in [0.29, 0.717) is 5.92 Å². The summed E-state index contributed by atoms with van der Waals surface area (Å²) in [6.07, 6.45) is 1.99. The molecule has 0 aromatic heterocycles. The molecule has 1 aromatic rings. The minimum absolute atomic E-state index is 0.0454. The van der Waals surface area contributed by atoms with Crippen molar-refractivity contribution >= 4 is 5.91 Å². The van der Waals surface area contributed by atoms with E-state index in [1.807, 2.05) is 32.9 Å². The Morgan fingerprint density at radius 1 is 1.24 bits per heavy atom. The molecule has 0 atom stereocenters. The van der Waals surface area contributed by atoms with Crippen LogP contribution in [-0.4, -0.2) is 29.7 Å². The Kier molecular flexibility index (Phi) is 14.3. The summed E-state index contributed by atoms with van der Waals surface area (Å²) in [6.45, 7) is 16.8. The van der Waals surface area contributed by atoms with Crippen LogP contribution in [0, 0.1) is 12.8 Å². The van der Waals surface area contributed by atoms with E-state index in [-0.39, 0.29) is 12.5 Å². The Morgan fingerprint density at radius 3 is 2.16 bits per heavy atom. The van der Waals surface area contributed by atoms with Crippen molar-refractivity contribution in [2.75, 3.05) is 13.2 Å². The number of carbonyl (C=O) groups excluding carboxylic acids is 1. The van der Waals surface area contributed by atoms with Gasteiger partial charge in [0.05, 0.1) is 6.61 Å². The number of hydrogen-bond donors (Lipinski definition) is 3. The maximum Gasteiger partial charge on any atom is 0.251 e. The molecule has 1 aromatic carbocycles. The Balaban J connectivity index is 0. The first kappa shape index (κ1) is 25.8. The van der Waals surface area contributed by atoms with Gasteiger partial charge in [0.2, 0.25) is 0 Å². The van der Waals surface area contributed by atoms with Gasteiger partial charge in [0, 0.05) is 17.6 Å². The maximum atomic E-state index is 11.9. The number of nitrogens with one attached hydrogen (secondary N) is 1. The predicted molar refractivity (Wildman–Crippen MR) is 109 cm³/mol. The number of rotatable bonds is 6. The molecule has 0 aliphatic rings. The van der Waals surface area contributed by atoms with E-state index in [2.05, 4.69) is 32.2 Å². The highest BCUT2D eigenvalue weighted by molar-refractivity contribution is 5.94. The number of nitrogens with two attached hydrogens (primary N) is 1. The molecule has 25 heavy (non-hydrogen) atoms. The average Bonchev–Trinajstić information content (AvgIpc) is 2.55. The van der Waals surface area contributed by atoms with Crippen LogP contribution in [0.2, 0.25) is 0 Å². The van der Waals surface area contributed by atoms with Gasteiger partial charge in [-0.15, -0.1) is 0 Å². The molecular formula is C21H40N2O2. The van der Waals surface area contributed by atoms with Crippen LogP contribution < -0.4 is 11.1 Å². The van der Waals surface area contributed by atoms with E-state index in [1.54, 1.807) is 13.8 Å². The lowest BCUT2D eigenvalue weighted by atomic mass is 10.0. The van der Waals surface area contributed by atoms with E-state index >= 15 is 0 Å². The van der Waals surface area contributed by atoms with Crippen LogP contribution in [0.4, 0.5) is 0 Å². The van der Waals surface area contributed by atoms with Crippen molar-refractivity contribution in [1.82, 2.24) is 5.32 Å². The molecule has 0 spiro atoms. The summed E-state index contributed by atoms with van der Waals surface area (Å²) in [6, 6.07) is 6.06. The second-order valence-electron chi connectivity index (χ2n) is 7.15. The summed E-state index contributed by atoms with van der Waals surface area (Å²) in [5.74, 6) is 0.670. The zero-order valence-electron chi connectivity index (χ0n) is 17.6. The monoisotopic (exact) mass is 352 g/mol. The van der Waals surface area contributed by atoms with Gasteiger partial charge in [-0.2, -0.15) is 0 Å². The van der Waals surface area contributed by atoms with Gasteiger partial charge in [0.15, 0.2) is 0 Å². The minimum atomic E-state index is -0.403. The molecule has 146 valence electrons. The summed E-state index contributed by atoms with van der Waals surface area (Å²) in [4.78, 5) is 11.9. The topological polar surface area (TPSA) is 75.3 Å². The van der Waals surface area contributed by atoms with Crippen molar-refractivity contribution < 1.29 is 9.90 Å². The summed E-state index contributed by atoms with van der Waals surface area (Å²) in [5.41, 5.74) is 8.04. The van der Waals surface area contributed by atoms with E-state index in [4.69, 9.17) is 10.8 Å². The number of aliphatic hydroxyl groups excluding tert-OH is 1. The third-order valence-corrected chi connectivity index (χ3v) is 3.22. The predicted octanol–water partition coefficient (Wildman–Crippen LogP) is 4.08. The van der Waals surface area contributed by atoms with Gasteiger partial charge in [-0.1, -0.05) is 46.2 Å². The fraction of sp³-hybridized carbons (Fsp3) is 0.667. The largest absolute Gasteiger partial charge is 0.394 e. The lowest BCUT2D eigenvalue weighted by Gasteiger charge is -2.12. The maximum absolute atomic E-state index is 11.9. The number of aryl methyl sites for hydroxylation is 2. The van der Waals surface area contributed by atoms with Gasteiger partial charge >= 0.3 is 0 Å². The van der Waals surface area contributed by atoms with Crippen LogP contribution in [0.25, 0.3) is 0 Å². The van der Waals surface area contributed by atoms with Crippen LogP contribution >= 0.6 is 0 Å². The summed E-state index contributed by atoms with van der Waals surface area (Å²) in [5, 5.41) is 11.2. The lowest BCUT2D eigenvalue weighted by Crippen LogP contribution is -2.35. The van der Waals surface area contributed by atoms with Crippen LogP contribution in [-0.2, 0) is 6.42 Å². The van der Waals surface area contributed by atoms with Crippen LogP contribution in [0.15, 0.2) is 18.2 Å². The van der Waals surface area contributed by atoms with Crippen molar-refractivity contribution in [3.8, 4) is 0 Å². The van der Waals surface area contributed by atoms with Crippen LogP contribution in [0.1, 0.15) is 76.4 Å². The van der Waals surface area contributed by atoms with Gasteiger partial charge < -0.3 is 16.2 Å². The Bertz CT molecular complexity index is 477. The summed E-state index contributed by atoms with van der Waals surface area (Å²) >= 11 is 0. The first-order valence-corrected chi connectivity index (χ1v) is 9.37. The zero-order chi connectivity index (χ0) is 20.0. The molecule has 1 rings (SSSR count). The van der Waals surface area contributed by atoms with Crippen molar-refractivity contribution in [2.24, 2.45) is 11.7 Å². The molecule has 0 saturated carbocycles. The van der Waals surface area contributed by atoms with Gasteiger partial charge in [0.1, 0.15) is 0 Å². The zero-order valence-corrected chi connectivity index (χ0v) is 17.6. The highest BCUT2D eigenvalue weighted by atomic mass is 16.3. The van der Waals surface area contributed by atoms with Crippen molar-refractivity contribution in [3.63, 3.8) is 0 Å². The Labute approximate surface area is 155 Å². The third kappa shape index (κ3) is 14.6. The molecule has 0 fully saturated rings. The SMILES string of the molecule is CC.CC(C)(N)CO.CCc1cc(C)cc(C(=O)NCCC(C)C)c1. The molecule has 4 heteroatoms. The van der Waals surface area contributed by atoms with Gasteiger partial charge in [-0.05, 0) is 57.2 Å².